The van der Waals surface area contributed by atoms with Gasteiger partial charge in [0, 0.05) is 5.39 Å². The summed E-state index contributed by atoms with van der Waals surface area (Å²) in [6.45, 7) is -0.0189. The number of halogens is 4. The molecule has 0 aliphatic rings. The second-order valence-electron chi connectivity index (χ2n) is 6.82. The number of nitrogens with one attached hydrogen (secondary N) is 3. The Morgan fingerprint density at radius 1 is 0.970 bits per heavy atom. The van der Waals surface area contributed by atoms with E-state index in [4.69, 9.17) is 4.74 Å². The summed E-state index contributed by atoms with van der Waals surface area (Å²) in [7, 11) is 0. The highest BCUT2D eigenvalue weighted by molar-refractivity contribution is 6.04. The number of ether oxygens (including phenoxy) is 2. The topological polar surface area (TPSA) is 88.3 Å². The quantitative estimate of drug-likeness (QED) is 0.316. The van der Waals surface area contributed by atoms with Gasteiger partial charge >= 0.3 is 12.4 Å². The van der Waals surface area contributed by atoms with E-state index in [9.17, 15) is 22.4 Å². The van der Waals surface area contributed by atoms with Crippen molar-refractivity contribution < 1.29 is 31.8 Å². The van der Waals surface area contributed by atoms with Crippen LogP contribution >= 0.6 is 0 Å². The molecule has 1 aromatic heterocycles. The van der Waals surface area contributed by atoms with Crippen LogP contribution in [-0.4, -0.2) is 22.6 Å². The van der Waals surface area contributed by atoms with Crippen LogP contribution in [0.3, 0.4) is 0 Å². The van der Waals surface area contributed by atoms with E-state index in [1.807, 2.05) is 0 Å². The van der Waals surface area contributed by atoms with Gasteiger partial charge in [-0.05, 0) is 48.0 Å². The molecule has 3 aromatic carbocycles. The Kier molecular flexibility index (Phi) is 6.03. The molecule has 0 aliphatic carbocycles. The summed E-state index contributed by atoms with van der Waals surface area (Å²) >= 11 is 0. The number of carbonyl (C=O) groups excluding carboxylic acids is 1. The van der Waals surface area contributed by atoms with Crippen molar-refractivity contribution in [2.24, 2.45) is 0 Å². The predicted molar refractivity (Wildman–Crippen MR) is 113 cm³/mol. The molecule has 0 bridgehead atoms. The summed E-state index contributed by atoms with van der Waals surface area (Å²) in [5.74, 6) is -0.352. The molecule has 0 saturated heterocycles. The average molecular weight is 460 g/mol. The van der Waals surface area contributed by atoms with Crippen molar-refractivity contribution in [2.75, 3.05) is 10.6 Å². The average Bonchev–Trinajstić information content (AvgIpc) is 3.15. The number of alkyl halides is 3. The maximum atomic E-state index is 13.7. The minimum atomic E-state index is -4.78. The van der Waals surface area contributed by atoms with E-state index in [1.165, 1.54) is 36.4 Å². The molecule has 0 fully saturated rings. The zero-order valence-electron chi connectivity index (χ0n) is 16.7. The van der Waals surface area contributed by atoms with Gasteiger partial charge in [0.05, 0.1) is 11.2 Å². The van der Waals surface area contributed by atoms with Gasteiger partial charge in [0.15, 0.2) is 5.82 Å². The lowest BCUT2D eigenvalue weighted by Crippen LogP contribution is -2.20. The van der Waals surface area contributed by atoms with E-state index in [2.05, 4.69) is 25.6 Å². The van der Waals surface area contributed by atoms with E-state index in [1.54, 1.807) is 30.3 Å². The minimum absolute atomic E-state index is 0.00981. The van der Waals surface area contributed by atoms with Gasteiger partial charge in [-0.25, -0.2) is 9.18 Å². The van der Waals surface area contributed by atoms with Gasteiger partial charge in [-0.1, -0.05) is 24.3 Å². The molecule has 33 heavy (non-hydrogen) atoms. The summed E-state index contributed by atoms with van der Waals surface area (Å²) in [6.07, 6.45) is -4.78. The number of aromatic amines is 1. The van der Waals surface area contributed by atoms with Gasteiger partial charge in [-0.3, -0.25) is 10.4 Å². The number of rotatable bonds is 6. The van der Waals surface area contributed by atoms with E-state index in [0.29, 0.717) is 22.2 Å². The van der Waals surface area contributed by atoms with Gasteiger partial charge in [-0.2, -0.15) is 5.10 Å². The maximum absolute atomic E-state index is 13.7. The first-order valence-corrected chi connectivity index (χ1v) is 9.55. The summed E-state index contributed by atoms with van der Waals surface area (Å²) < 4.78 is 60.5. The molecule has 2 amide bonds. The Balaban J connectivity index is 1.44. The fourth-order valence-electron chi connectivity index (χ4n) is 3.00. The number of benzene rings is 3. The molecule has 7 nitrogen and oxygen atoms in total. The Morgan fingerprint density at radius 2 is 1.79 bits per heavy atom. The van der Waals surface area contributed by atoms with Crippen LogP contribution in [0.15, 0.2) is 66.7 Å². The number of hydrogen-bond acceptors (Lipinski definition) is 4. The van der Waals surface area contributed by atoms with Crippen LogP contribution in [-0.2, 0) is 6.61 Å². The van der Waals surface area contributed by atoms with Crippen LogP contribution in [0, 0.1) is 5.82 Å². The lowest BCUT2D eigenvalue weighted by atomic mass is 10.2. The number of carbonyl (C=O) groups is 1. The molecule has 0 unspecified atom stereocenters. The Labute approximate surface area is 184 Å². The number of fused-ring (bicyclic) bond motifs is 1. The van der Waals surface area contributed by atoms with Crippen LogP contribution in [0.5, 0.6) is 11.5 Å². The number of para-hydroxylation sites is 1. The molecule has 0 spiro atoms. The molecule has 170 valence electrons. The molecular formula is C22H16F4N4O3. The fourth-order valence-corrected chi connectivity index (χ4v) is 3.00. The minimum Gasteiger partial charge on any atom is -0.489 e. The van der Waals surface area contributed by atoms with Crippen molar-refractivity contribution in [3.05, 3.63) is 78.1 Å². The van der Waals surface area contributed by atoms with E-state index < -0.39 is 18.2 Å². The molecule has 11 heteroatoms. The third-order valence-corrected chi connectivity index (χ3v) is 4.43. The molecule has 0 saturated carbocycles. The molecule has 0 atom stereocenters. The van der Waals surface area contributed by atoms with Gasteiger partial charge < -0.3 is 14.8 Å². The number of H-pyrrole nitrogens is 1. The van der Waals surface area contributed by atoms with Crippen molar-refractivity contribution in [1.29, 1.82) is 0 Å². The van der Waals surface area contributed by atoms with Gasteiger partial charge in [0.2, 0.25) is 0 Å². The maximum Gasteiger partial charge on any atom is 0.573 e. The molecule has 0 radical (unpaired) electrons. The molecule has 4 rings (SSSR count). The molecular weight excluding hydrogens is 444 g/mol. The van der Waals surface area contributed by atoms with E-state index in [-0.39, 0.29) is 23.9 Å². The molecule has 1 heterocycles. The second kappa shape index (κ2) is 9.07. The van der Waals surface area contributed by atoms with Crippen molar-refractivity contribution >= 4 is 28.4 Å². The molecule has 0 aliphatic heterocycles. The van der Waals surface area contributed by atoms with Crippen LogP contribution in [0.2, 0.25) is 0 Å². The van der Waals surface area contributed by atoms with E-state index >= 15 is 0 Å². The SMILES string of the molecule is O=C(Nc1ccccc1F)Nc1n[nH]c2ccc(OCc3cccc(OC(F)(F)F)c3)cc12. The standard InChI is InChI=1S/C22H16F4N4O3/c23-17-6-1-2-7-19(17)27-21(31)28-20-16-11-14(8-9-18(16)29-30-20)32-12-13-4-3-5-15(10-13)33-22(24,25)26/h1-11H,12H2,(H3,27,28,29,30,31). The number of anilines is 2. The zero-order chi connectivity index (χ0) is 23.4. The highest BCUT2D eigenvalue weighted by atomic mass is 19.4. The first-order valence-electron chi connectivity index (χ1n) is 9.55. The Morgan fingerprint density at radius 3 is 2.58 bits per heavy atom. The second-order valence-corrected chi connectivity index (χ2v) is 6.82. The summed E-state index contributed by atoms with van der Waals surface area (Å²) in [5, 5.41) is 12.2. The van der Waals surface area contributed by atoms with Crippen LogP contribution in [0.25, 0.3) is 10.9 Å². The smallest absolute Gasteiger partial charge is 0.489 e. The van der Waals surface area contributed by atoms with Crippen LogP contribution < -0.4 is 20.1 Å². The van der Waals surface area contributed by atoms with Gasteiger partial charge in [0.1, 0.15) is 23.9 Å². The van der Waals surface area contributed by atoms with E-state index in [0.717, 1.165) is 0 Å². The predicted octanol–water partition coefficient (Wildman–Crippen LogP) is 5.82. The number of amides is 2. The van der Waals surface area contributed by atoms with Crippen molar-refractivity contribution in [3.63, 3.8) is 0 Å². The van der Waals surface area contributed by atoms with Crippen molar-refractivity contribution in [2.45, 2.75) is 13.0 Å². The molecule has 4 aromatic rings. The largest absolute Gasteiger partial charge is 0.573 e. The van der Waals surface area contributed by atoms with Gasteiger partial charge in [0.25, 0.3) is 0 Å². The van der Waals surface area contributed by atoms with Crippen molar-refractivity contribution in [3.8, 4) is 11.5 Å². The highest BCUT2D eigenvalue weighted by Gasteiger charge is 2.31. The summed E-state index contributed by atoms with van der Waals surface area (Å²) in [5.41, 5.74) is 1.08. The first kappa shape index (κ1) is 21.9. The Bertz CT molecular complexity index is 1290. The van der Waals surface area contributed by atoms with Crippen molar-refractivity contribution in [1.82, 2.24) is 10.2 Å². The molecule has 3 N–H and O–H groups in total. The third kappa shape index (κ3) is 5.70. The number of urea groups is 1. The van der Waals surface area contributed by atoms with Crippen LogP contribution in [0.4, 0.5) is 33.9 Å². The highest BCUT2D eigenvalue weighted by Crippen LogP contribution is 2.27. The Hall–Kier alpha value is -4.28. The van der Waals surface area contributed by atoms with Gasteiger partial charge in [-0.15, -0.1) is 13.2 Å². The normalized spacial score (nSPS) is 11.3. The summed E-state index contributed by atoms with van der Waals surface area (Å²) in [4.78, 5) is 12.2. The van der Waals surface area contributed by atoms with Crippen LogP contribution in [0.1, 0.15) is 5.56 Å². The number of aromatic nitrogens is 2. The lowest BCUT2D eigenvalue weighted by molar-refractivity contribution is -0.274. The zero-order valence-corrected chi connectivity index (χ0v) is 16.7. The fraction of sp³-hybridized carbons (Fsp3) is 0.0909. The summed E-state index contributed by atoms with van der Waals surface area (Å²) in [6, 6.07) is 15.4. The number of hydrogen-bond donors (Lipinski definition) is 3. The number of nitrogens with zero attached hydrogens (tertiary/aromatic N) is 1. The first-order chi connectivity index (χ1) is 15.8. The lowest BCUT2D eigenvalue weighted by Gasteiger charge is -2.11. The monoisotopic (exact) mass is 460 g/mol. The third-order valence-electron chi connectivity index (χ3n) is 4.43.